The van der Waals surface area contributed by atoms with E-state index in [1.165, 1.54) is 0 Å². The van der Waals surface area contributed by atoms with Crippen LogP contribution in [0.3, 0.4) is 0 Å². The second-order valence-corrected chi connectivity index (χ2v) is 24.7. The van der Waals surface area contributed by atoms with E-state index in [1.807, 2.05) is 120 Å². The van der Waals surface area contributed by atoms with E-state index >= 15 is 4.79 Å². The van der Waals surface area contributed by atoms with Crippen LogP contribution in [-0.4, -0.2) is 114 Å². The van der Waals surface area contributed by atoms with Crippen LogP contribution < -0.4 is 35.1 Å². The molecular weight excluding hydrogens is 901 g/mol. The first-order chi connectivity index (χ1) is 33.9. The van der Waals surface area contributed by atoms with E-state index in [-0.39, 0.29) is 36.4 Å². The van der Waals surface area contributed by atoms with Gasteiger partial charge < -0.3 is 40.0 Å². The van der Waals surface area contributed by atoms with Crippen molar-refractivity contribution < 1.29 is 29.0 Å². The van der Waals surface area contributed by atoms with Crippen LogP contribution in [-0.2, 0) is 44.2 Å². The fourth-order valence-corrected chi connectivity index (χ4v) is 15.5. The molecule has 5 fully saturated rings. The van der Waals surface area contributed by atoms with Crippen molar-refractivity contribution in [2.75, 3.05) is 70.6 Å². The normalized spacial score (nSPS) is 25.1. The number of nitrogens with one attached hydrogen (secondary N) is 2. The molecule has 4 N–H and O–H groups in total. The topological polar surface area (TPSA) is 172 Å². The quantitative estimate of drug-likeness (QED) is 0.122. The van der Waals surface area contributed by atoms with Crippen LogP contribution in [0.1, 0.15) is 55.8 Å². The van der Waals surface area contributed by atoms with Crippen molar-refractivity contribution in [3.63, 3.8) is 0 Å². The second kappa shape index (κ2) is 18.0. The first-order valence-electron chi connectivity index (χ1n) is 25.0. The summed E-state index contributed by atoms with van der Waals surface area (Å²) in [6.45, 7) is 10.3. The van der Waals surface area contributed by atoms with E-state index in [0.29, 0.717) is 68.2 Å². The minimum absolute atomic E-state index is 0.0309. The molecule has 0 saturated carbocycles. The van der Waals surface area contributed by atoms with Gasteiger partial charge in [-0.25, -0.2) is 0 Å². The van der Waals surface area contributed by atoms with Crippen LogP contribution in [0.4, 0.5) is 28.4 Å². The summed E-state index contributed by atoms with van der Waals surface area (Å²) in [6, 6.07) is 34.2. The van der Waals surface area contributed by atoms with Gasteiger partial charge in [-0.3, -0.25) is 28.9 Å². The number of carbonyl (C=O) groups is 3. The van der Waals surface area contributed by atoms with Crippen molar-refractivity contribution in [3.05, 3.63) is 126 Å². The molecule has 4 atom stereocenters. The summed E-state index contributed by atoms with van der Waals surface area (Å²) in [5.74, 6) is -0.498. The smallest absolute Gasteiger partial charge is 0.264 e. The van der Waals surface area contributed by atoms with Crippen molar-refractivity contribution in [1.82, 2.24) is 25.6 Å². The Balaban J connectivity index is 0.944. The Bertz CT molecular complexity index is 2740. The number of nitrogens with zero attached hydrogens (tertiary/aromatic N) is 8. The maximum Gasteiger partial charge on any atom is 0.264 e. The molecule has 6 aliphatic rings. The number of aryl methyl sites for hydroxylation is 1. The van der Waals surface area contributed by atoms with Crippen LogP contribution in [0.5, 0.6) is 0 Å². The zero-order chi connectivity index (χ0) is 48.4. The highest BCUT2D eigenvalue weighted by Crippen LogP contribution is 2.60. The fourth-order valence-electron chi connectivity index (χ4n) is 12.9. The fraction of sp³-hybridized carbons (Fsp3) is 0.453. The molecule has 3 spiro atoms. The van der Waals surface area contributed by atoms with Crippen LogP contribution >= 0.6 is 0 Å². The van der Waals surface area contributed by atoms with Gasteiger partial charge in [-0.05, 0) is 132 Å². The molecule has 0 radical (unpaired) electrons. The maximum absolute atomic E-state index is 15.7. The number of amides is 3. The number of hydrogen-bond acceptors (Lipinski definition) is 12. The van der Waals surface area contributed by atoms with Crippen LogP contribution in [0.2, 0.25) is 18.6 Å². The molecule has 16 nitrogen and oxygen atoms in total. The Labute approximate surface area is 410 Å². The molecule has 366 valence electrons. The van der Waals surface area contributed by atoms with E-state index in [1.54, 1.807) is 4.68 Å². The monoisotopic (exact) mass is 964 g/mol. The molecule has 17 heteroatoms. The summed E-state index contributed by atoms with van der Waals surface area (Å²) in [6.07, 6.45) is 4.96. The molecular formula is C53H64N10O6Si. The van der Waals surface area contributed by atoms with Crippen molar-refractivity contribution >= 4 is 54.5 Å². The van der Waals surface area contributed by atoms with Gasteiger partial charge in [0, 0.05) is 65.5 Å². The Kier molecular flexibility index (Phi) is 12.0. The van der Waals surface area contributed by atoms with E-state index in [0.717, 1.165) is 61.6 Å². The van der Waals surface area contributed by atoms with Crippen molar-refractivity contribution in [3.8, 4) is 0 Å². The molecule has 1 aromatic heterocycles. The number of fused-ring (bicyclic) bond motifs is 2. The van der Waals surface area contributed by atoms with Gasteiger partial charge in [0.15, 0.2) is 13.9 Å². The largest absolute Gasteiger partial charge is 0.432 e. The molecule has 5 saturated heterocycles. The molecule has 5 aromatic rings. The summed E-state index contributed by atoms with van der Waals surface area (Å²) < 4.78 is 9.03. The summed E-state index contributed by atoms with van der Waals surface area (Å²) >= 11 is 0. The zero-order valence-corrected chi connectivity index (χ0v) is 41.3. The number of carbonyl (C=O) groups excluding carboxylic acids is 3. The van der Waals surface area contributed by atoms with Gasteiger partial charge in [-0.15, -0.1) is 5.10 Å². The SMILES string of the molecule is C[C@H]1[C@H]([Si](C)(C)O)[C@@H](CCn2cc(CCO)nn2)O[C@]12C(=O)N(Cc1ccc(N3CN(c4ccccc4)C4(CCNCC4)C3=O)cc1)c1ccc(N3CN(c4ccccc4)C4(CCNCC4)C3=O)cc12. The van der Waals surface area contributed by atoms with Gasteiger partial charge in [0.2, 0.25) is 0 Å². The third-order valence-electron chi connectivity index (χ3n) is 16.3. The number of para-hydroxylation sites is 2. The minimum Gasteiger partial charge on any atom is -0.432 e. The number of piperidine rings is 2. The first-order valence-corrected chi connectivity index (χ1v) is 28.1. The van der Waals surface area contributed by atoms with Crippen molar-refractivity contribution in [2.24, 2.45) is 5.92 Å². The zero-order valence-electron chi connectivity index (χ0n) is 40.3. The number of aliphatic hydroxyl groups excluding tert-OH is 1. The van der Waals surface area contributed by atoms with Gasteiger partial charge in [0.05, 0.1) is 37.4 Å². The molecule has 4 aromatic carbocycles. The Morgan fingerprint density at radius 1 is 0.729 bits per heavy atom. The summed E-state index contributed by atoms with van der Waals surface area (Å²) in [4.78, 5) is 67.4. The lowest BCUT2D eigenvalue weighted by atomic mass is 9.82. The Morgan fingerprint density at radius 2 is 1.29 bits per heavy atom. The highest BCUT2D eigenvalue weighted by Gasteiger charge is 2.66. The average molecular weight is 965 g/mol. The highest BCUT2D eigenvalue weighted by atomic mass is 28.4. The van der Waals surface area contributed by atoms with Gasteiger partial charge in [-0.2, -0.15) is 0 Å². The van der Waals surface area contributed by atoms with Gasteiger partial charge >= 0.3 is 0 Å². The number of ether oxygens (including phenoxy) is 1. The third-order valence-corrected chi connectivity index (χ3v) is 18.9. The van der Waals surface area contributed by atoms with Gasteiger partial charge in [0.25, 0.3) is 17.7 Å². The number of anilines is 5. The number of aromatic nitrogens is 3. The van der Waals surface area contributed by atoms with Crippen LogP contribution in [0.15, 0.2) is 109 Å². The lowest BCUT2D eigenvalue weighted by Gasteiger charge is -2.39. The molecule has 0 bridgehead atoms. The first kappa shape index (κ1) is 46.4. The van der Waals surface area contributed by atoms with Gasteiger partial charge in [-0.1, -0.05) is 60.7 Å². The summed E-state index contributed by atoms with van der Waals surface area (Å²) in [7, 11) is -3.02. The number of aliphatic hydroxyl groups is 1. The Hall–Kier alpha value is -5.95. The van der Waals surface area contributed by atoms with Gasteiger partial charge in [0.1, 0.15) is 11.1 Å². The average Bonchev–Trinajstić information content (AvgIpc) is 4.15. The molecule has 0 aliphatic carbocycles. The third kappa shape index (κ3) is 7.55. The maximum atomic E-state index is 15.7. The second-order valence-electron chi connectivity index (χ2n) is 20.7. The van der Waals surface area contributed by atoms with Crippen LogP contribution in [0.25, 0.3) is 0 Å². The van der Waals surface area contributed by atoms with Crippen molar-refractivity contribution in [1.29, 1.82) is 0 Å². The highest BCUT2D eigenvalue weighted by molar-refractivity contribution is 6.71. The van der Waals surface area contributed by atoms with Crippen molar-refractivity contribution in [2.45, 2.75) is 100.0 Å². The molecule has 3 amide bonds. The molecule has 70 heavy (non-hydrogen) atoms. The van der Waals surface area contributed by atoms with Crippen LogP contribution in [0, 0.1) is 5.92 Å². The van der Waals surface area contributed by atoms with E-state index in [9.17, 15) is 19.5 Å². The van der Waals surface area contributed by atoms with E-state index in [2.05, 4.69) is 55.0 Å². The number of hydrogen-bond donors (Lipinski definition) is 4. The predicted molar refractivity (Wildman–Crippen MR) is 271 cm³/mol. The summed E-state index contributed by atoms with van der Waals surface area (Å²) in [5, 5.41) is 24.9. The molecule has 7 heterocycles. The Morgan fingerprint density at radius 3 is 1.84 bits per heavy atom. The summed E-state index contributed by atoms with van der Waals surface area (Å²) in [5.41, 5.74) is 3.34. The minimum atomic E-state index is -3.02. The van der Waals surface area contributed by atoms with E-state index < -0.39 is 37.0 Å². The standard InChI is InChI=1S/C53H64N10O6Si/c1-37-47(70(2,3)68)46(20-30-58-34-39(21-31-64)56-57-58)69-53(37)44-32-43(61-36-63(42-12-8-5-9-13-42)52(49(61)66)24-28-55-29-25-52)18-19-45(44)59(50(53)67)33-38-14-16-40(17-15-38)60-35-62(41-10-6-4-7-11-41)51(48(60)65)22-26-54-27-23-51/h4-19,32,34,37,46-47,54-55,64,68H,20-31,33,35-36H2,1-3H3/t37-,46+,47-,53+/m0/s1. The molecule has 6 aliphatic heterocycles. The lowest BCUT2D eigenvalue weighted by Crippen LogP contribution is -2.55. The predicted octanol–water partition coefficient (Wildman–Crippen LogP) is 5.11. The van der Waals surface area contributed by atoms with E-state index in [4.69, 9.17) is 4.74 Å². The molecule has 11 rings (SSSR count). The lowest BCUT2D eigenvalue weighted by molar-refractivity contribution is -0.146. The number of rotatable bonds is 12. The molecule has 0 unspecified atom stereocenters. The number of benzene rings is 4.